The van der Waals surface area contributed by atoms with Gasteiger partial charge in [0.25, 0.3) is 0 Å². The summed E-state index contributed by atoms with van der Waals surface area (Å²) in [5, 5.41) is 3.35. The molecule has 6 nitrogen and oxygen atoms in total. The Morgan fingerprint density at radius 3 is 1.38 bits per heavy atom. The number of hydrazine groups is 2. The van der Waals surface area contributed by atoms with Gasteiger partial charge in [0, 0.05) is 13.8 Å². The molecule has 1 heterocycles. The third-order valence-electron chi connectivity index (χ3n) is 4.54. The molecule has 1 fully saturated rings. The monoisotopic (exact) mass is 340 g/mol. The van der Waals surface area contributed by atoms with Gasteiger partial charge in [0.05, 0.1) is 0 Å². The van der Waals surface area contributed by atoms with Crippen molar-refractivity contribution in [2.24, 2.45) is 0 Å². The van der Waals surface area contributed by atoms with Gasteiger partial charge in [-0.1, -0.05) is 52.4 Å². The number of unbranched alkanes of at least 4 members (excludes halogenated alkanes) is 6. The summed E-state index contributed by atoms with van der Waals surface area (Å²) >= 11 is 0. The van der Waals surface area contributed by atoms with E-state index in [9.17, 15) is 9.59 Å². The summed E-state index contributed by atoms with van der Waals surface area (Å²) in [7, 11) is 0. The van der Waals surface area contributed by atoms with Crippen molar-refractivity contribution in [1.82, 2.24) is 20.9 Å². The first-order chi connectivity index (χ1) is 11.5. The van der Waals surface area contributed by atoms with Gasteiger partial charge in [-0.15, -0.1) is 0 Å². The second-order valence-electron chi connectivity index (χ2n) is 6.77. The zero-order chi connectivity index (χ0) is 17.9. The van der Waals surface area contributed by atoms with Crippen LogP contribution in [0.4, 0.5) is 0 Å². The van der Waals surface area contributed by atoms with Crippen LogP contribution in [0.3, 0.4) is 0 Å². The van der Waals surface area contributed by atoms with Gasteiger partial charge in [0.15, 0.2) is 0 Å². The zero-order valence-electron chi connectivity index (χ0n) is 15.9. The molecule has 0 saturated carbocycles. The van der Waals surface area contributed by atoms with Crippen molar-refractivity contribution in [1.29, 1.82) is 0 Å². The van der Waals surface area contributed by atoms with Crippen LogP contribution >= 0.6 is 0 Å². The third-order valence-corrected chi connectivity index (χ3v) is 4.54. The SMILES string of the molecule is CCCCCC[C@H]1NN(C(C)=O)[C@@H](CCCCCC)NN1C(C)=O. The molecule has 1 rings (SSSR count). The quantitative estimate of drug-likeness (QED) is 0.599. The molecule has 1 aliphatic rings. The van der Waals surface area contributed by atoms with E-state index in [1.165, 1.54) is 25.7 Å². The highest BCUT2D eigenvalue weighted by Gasteiger charge is 2.35. The minimum Gasteiger partial charge on any atom is -0.274 e. The topological polar surface area (TPSA) is 64.7 Å². The molecular formula is C18H36N4O2. The second kappa shape index (κ2) is 11.4. The maximum Gasteiger partial charge on any atom is 0.235 e. The fourth-order valence-electron chi connectivity index (χ4n) is 3.15. The Kier molecular flexibility index (Phi) is 9.95. The lowest BCUT2D eigenvalue weighted by atomic mass is 10.1. The lowest BCUT2D eigenvalue weighted by molar-refractivity contribution is -0.165. The number of amides is 2. The van der Waals surface area contributed by atoms with Crippen molar-refractivity contribution in [3.63, 3.8) is 0 Å². The van der Waals surface area contributed by atoms with Crippen molar-refractivity contribution < 1.29 is 9.59 Å². The number of nitrogens with one attached hydrogen (secondary N) is 2. The molecule has 6 heteroatoms. The predicted molar refractivity (Wildman–Crippen MR) is 96.4 cm³/mol. The molecule has 140 valence electrons. The fraction of sp³-hybridized carbons (Fsp3) is 0.889. The molecule has 0 aliphatic carbocycles. The summed E-state index contributed by atoms with van der Waals surface area (Å²) in [5.41, 5.74) is 6.56. The Labute approximate surface area is 147 Å². The molecule has 2 amide bonds. The Morgan fingerprint density at radius 2 is 1.08 bits per heavy atom. The van der Waals surface area contributed by atoms with Crippen LogP contribution in [0.2, 0.25) is 0 Å². The van der Waals surface area contributed by atoms with Gasteiger partial charge in [-0.25, -0.2) is 10.9 Å². The molecule has 2 N–H and O–H groups in total. The summed E-state index contributed by atoms with van der Waals surface area (Å²) in [4.78, 5) is 24.0. The van der Waals surface area contributed by atoms with E-state index < -0.39 is 0 Å². The maximum atomic E-state index is 12.0. The Morgan fingerprint density at radius 1 is 0.708 bits per heavy atom. The molecule has 2 atom stereocenters. The lowest BCUT2D eigenvalue weighted by Gasteiger charge is -2.47. The summed E-state index contributed by atoms with van der Waals surface area (Å²) in [6.07, 6.45) is 10.6. The molecule has 0 aromatic heterocycles. The van der Waals surface area contributed by atoms with E-state index in [1.807, 2.05) is 0 Å². The molecule has 0 radical (unpaired) electrons. The highest BCUT2D eigenvalue weighted by atomic mass is 16.2. The van der Waals surface area contributed by atoms with Gasteiger partial charge < -0.3 is 0 Å². The van der Waals surface area contributed by atoms with Crippen molar-refractivity contribution in [3.8, 4) is 0 Å². The van der Waals surface area contributed by atoms with E-state index in [-0.39, 0.29) is 24.1 Å². The Balaban J connectivity index is 2.65. The predicted octanol–water partition coefficient (Wildman–Crippen LogP) is 3.30. The lowest BCUT2D eigenvalue weighted by Crippen LogP contribution is -2.72. The second-order valence-corrected chi connectivity index (χ2v) is 6.77. The Hall–Kier alpha value is -1.14. The molecule has 0 spiro atoms. The van der Waals surface area contributed by atoms with Crippen molar-refractivity contribution in [3.05, 3.63) is 0 Å². The normalized spacial score (nSPS) is 21.2. The van der Waals surface area contributed by atoms with Crippen LogP contribution in [-0.2, 0) is 9.59 Å². The van der Waals surface area contributed by atoms with Crippen LogP contribution in [0.15, 0.2) is 0 Å². The van der Waals surface area contributed by atoms with Crippen LogP contribution in [-0.4, -0.2) is 34.2 Å². The van der Waals surface area contributed by atoms with Crippen molar-refractivity contribution in [2.45, 2.75) is 104 Å². The summed E-state index contributed by atoms with van der Waals surface area (Å²) < 4.78 is 0. The van der Waals surface area contributed by atoms with Gasteiger partial charge >= 0.3 is 0 Å². The highest BCUT2D eigenvalue weighted by Crippen LogP contribution is 2.17. The number of hydrogen-bond acceptors (Lipinski definition) is 4. The molecule has 0 unspecified atom stereocenters. The Bertz CT molecular complexity index is 353. The zero-order valence-corrected chi connectivity index (χ0v) is 15.9. The fourth-order valence-corrected chi connectivity index (χ4v) is 3.15. The third kappa shape index (κ3) is 6.77. The minimum atomic E-state index is -0.157. The summed E-state index contributed by atoms with van der Waals surface area (Å²) in [6.45, 7) is 7.52. The van der Waals surface area contributed by atoms with E-state index in [0.29, 0.717) is 0 Å². The number of carbonyl (C=O) groups excluding carboxylic acids is 2. The molecule has 24 heavy (non-hydrogen) atoms. The maximum absolute atomic E-state index is 12.0. The first kappa shape index (κ1) is 20.9. The van der Waals surface area contributed by atoms with E-state index >= 15 is 0 Å². The largest absolute Gasteiger partial charge is 0.274 e. The van der Waals surface area contributed by atoms with E-state index in [4.69, 9.17) is 0 Å². The minimum absolute atomic E-state index is 0.00949. The van der Waals surface area contributed by atoms with Crippen LogP contribution in [0.5, 0.6) is 0 Å². The van der Waals surface area contributed by atoms with Crippen molar-refractivity contribution in [2.75, 3.05) is 0 Å². The van der Waals surface area contributed by atoms with E-state index in [0.717, 1.165) is 38.5 Å². The standard InChI is InChI=1S/C18H36N4O2/c1-5-7-9-11-13-17-19-22(16(4)24)18(14-12-10-8-6-2)20-21(17)15(3)23/h17-20H,5-14H2,1-4H3/t17-,18-/m0/s1. The van der Waals surface area contributed by atoms with Crippen LogP contribution in [0, 0.1) is 0 Å². The number of rotatable bonds is 10. The van der Waals surface area contributed by atoms with Gasteiger partial charge in [-0.3, -0.25) is 19.6 Å². The summed E-state index contributed by atoms with van der Waals surface area (Å²) in [6, 6.07) is 0. The van der Waals surface area contributed by atoms with Crippen LogP contribution in [0.1, 0.15) is 91.9 Å². The van der Waals surface area contributed by atoms with Crippen LogP contribution < -0.4 is 10.9 Å². The van der Waals surface area contributed by atoms with E-state index in [1.54, 1.807) is 23.9 Å². The first-order valence-electron chi connectivity index (χ1n) is 9.63. The number of nitrogens with zero attached hydrogens (tertiary/aromatic N) is 2. The van der Waals surface area contributed by atoms with Crippen LogP contribution in [0.25, 0.3) is 0 Å². The smallest absolute Gasteiger partial charge is 0.235 e. The molecule has 1 saturated heterocycles. The van der Waals surface area contributed by atoms with Gasteiger partial charge in [-0.05, 0) is 25.7 Å². The van der Waals surface area contributed by atoms with Crippen molar-refractivity contribution >= 4 is 11.8 Å². The van der Waals surface area contributed by atoms with Gasteiger partial charge in [0.2, 0.25) is 11.8 Å². The number of hydrogen-bond donors (Lipinski definition) is 2. The first-order valence-corrected chi connectivity index (χ1v) is 9.63. The molecular weight excluding hydrogens is 304 g/mol. The summed E-state index contributed by atoms with van der Waals surface area (Å²) in [5.74, 6) is -0.0190. The number of carbonyl (C=O) groups is 2. The molecule has 0 aromatic rings. The van der Waals surface area contributed by atoms with Gasteiger partial charge in [0.1, 0.15) is 12.3 Å². The molecule has 0 bridgehead atoms. The average molecular weight is 341 g/mol. The average Bonchev–Trinajstić information content (AvgIpc) is 2.55. The molecule has 1 aliphatic heterocycles. The van der Waals surface area contributed by atoms with E-state index in [2.05, 4.69) is 24.7 Å². The van der Waals surface area contributed by atoms with Gasteiger partial charge in [-0.2, -0.15) is 0 Å². The highest BCUT2D eigenvalue weighted by molar-refractivity contribution is 5.75. The molecule has 0 aromatic carbocycles.